The Morgan fingerprint density at radius 1 is 0.833 bits per heavy atom. The molecule has 2 heteroatoms. The first-order valence-corrected chi connectivity index (χ1v) is 12.2. The lowest BCUT2D eigenvalue weighted by Gasteiger charge is -2.17. The van der Waals surface area contributed by atoms with Crippen molar-refractivity contribution >= 4 is 24.0 Å². The molecular formula is C22H28NSi+. The van der Waals surface area contributed by atoms with Gasteiger partial charge in [-0.2, -0.15) is 0 Å². The molecule has 2 aromatic carbocycles. The van der Waals surface area contributed by atoms with Crippen LogP contribution in [-0.2, 0) is 7.05 Å². The number of nitrogens with zero attached hydrogens (tertiary/aromatic N) is 1. The predicted octanol–water partition coefficient (Wildman–Crippen LogP) is 4.80. The smallest absolute Gasteiger partial charge is 0.200 e. The average molecular weight is 335 g/mol. The van der Waals surface area contributed by atoms with Crippen molar-refractivity contribution in [3.63, 3.8) is 0 Å². The SMILES string of the molecule is Cc1cc(C)c(C)c(-c2cc3cc([Si](C)(C)C)ccc3c[n+]2C)c1. The van der Waals surface area contributed by atoms with E-state index in [2.05, 4.69) is 94.6 Å². The molecule has 0 bridgehead atoms. The molecule has 0 saturated carbocycles. The zero-order valence-electron chi connectivity index (χ0n) is 16.0. The van der Waals surface area contributed by atoms with Crippen LogP contribution >= 0.6 is 0 Å². The summed E-state index contributed by atoms with van der Waals surface area (Å²) in [7, 11) is 0.855. The van der Waals surface area contributed by atoms with Gasteiger partial charge in [-0.05, 0) is 49.4 Å². The summed E-state index contributed by atoms with van der Waals surface area (Å²) in [5.41, 5.74) is 6.69. The summed E-state index contributed by atoms with van der Waals surface area (Å²) >= 11 is 0. The van der Waals surface area contributed by atoms with Crippen molar-refractivity contribution in [2.24, 2.45) is 7.05 Å². The fourth-order valence-corrected chi connectivity index (χ4v) is 4.56. The number of pyridine rings is 1. The number of hydrogen-bond donors (Lipinski definition) is 0. The van der Waals surface area contributed by atoms with Crippen LogP contribution in [0.1, 0.15) is 16.7 Å². The van der Waals surface area contributed by atoms with Crippen molar-refractivity contribution in [3.05, 3.63) is 59.3 Å². The van der Waals surface area contributed by atoms with Crippen LogP contribution in [0, 0.1) is 20.8 Å². The van der Waals surface area contributed by atoms with E-state index in [1.165, 1.54) is 43.9 Å². The number of hydrogen-bond acceptors (Lipinski definition) is 0. The molecule has 3 rings (SSSR count). The zero-order valence-corrected chi connectivity index (χ0v) is 17.0. The fraction of sp³-hybridized carbons (Fsp3) is 0.318. The Balaban J connectivity index is 2.27. The second kappa shape index (κ2) is 5.85. The molecule has 0 N–H and O–H groups in total. The van der Waals surface area contributed by atoms with Crippen molar-refractivity contribution in [1.82, 2.24) is 0 Å². The molecule has 1 aromatic heterocycles. The minimum absolute atomic E-state index is 1.29. The van der Waals surface area contributed by atoms with Crippen molar-refractivity contribution in [3.8, 4) is 11.3 Å². The highest BCUT2D eigenvalue weighted by Gasteiger charge is 2.19. The van der Waals surface area contributed by atoms with E-state index < -0.39 is 8.07 Å². The maximum absolute atomic E-state index is 2.41. The molecular weight excluding hydrogens is 306 g/mol. The molecule has 0 atom stereocenters. The van der Waals surface area contributed by atoms with Crippen LogP contribution in [-0.4, -0.2) is 8.07 Å². The Labute approximate surface area is 147 Å². The molecule has 1 heterocycles. The molecule has 0 aliphatic heterocycles. The number of benzene rings is 2. The molecule has 0 saturated heterocycles. The highest BCUT2D eigenvalue weighted by molar-refractivity contribution is 6.88. The van der Waals surface area contributed by atoms with Crippen molar-refractivity contribution in [2.45, 2.75) is 40.4 Å². The van der Waals surface area contributed by atoms with Gasteiger partial charge in [0.2, 0.25) is 5.69 Å². The Bertz CT molecular complexity index is 933. The summed E-state index contributed by atoms with van der Waals surface area (Å²) in [6.45, 7) is 13.8. The monoisotopic (exact) mass is 334 g/mol. The third kappa shape index (κ3) is 3.03. The third-order valence-corrected chi connectivity index (χ3v) is 7.09. The minimum Gasteiger partial charge on any atom is -0.200 e. The lowest BCUT2D eigenvalue weighted by molar-refractivity contribution is -0.659. The zero-order chi connectivity index (χ0) is 17.6. The Hall–Kier alpha value is -1.93. The quantitative estimate of drug-likeness (QED) is 0.468. The Morgan fingerprint density at radius 3 is 2.21 bits per heavy atom. The number of rotatable bonds is 2. The molecule has 124 valence electrons. The van der Waals surface area contributed by atoms with Crippen LogP contribution in [0.2, 0.25) is 19.6 Å². The van der Waals surface area contributed by atoms with Crippen molar-refractivity contribution in [1.29, 1.82) is 0 Å². The van der Waals surface area contributed by atoms with E-state index in [0.717, 1.165) is 0 Å². The first kappa shape index (κ1) is 16.9. The van der Waals surface area contributed by atoms with Gasteiger partial charge in [0.25, 0.3) is 0 Å². The molecule has 0 amide bonds. The van der Waals surface area contributed by atoms with Crippen molar-refractivity contribution in [2.75, 3.05) is 0 Å². The summed E-state index contributed by atoms with van der Waals surface area (Å²) in [6, 6.07) is 13.9. The van der Waals surface area contributed by atoms with Gasteiger partial charge in [0.15, 0.2) is 6.20 Å². The summed E-state index contributed by atoms with van der Waals surface area (Å²) in [4.78, 5) is 0. The molecule has 0 fully saturated rings. The van der Waals surface area contributed by atoms with E-state index in [0.29, 0.717) is 0 Å². The van der Waals surface area contributed by atoms with Gasteiger partial charge in [0.1, 0.15) is 7.05 Å². The Morgan fingerprint density at radius 2 is 1.54 bits per heavy atom. The van der Waals surface area contributed by atoms with E-state index in [1.54, 1.807) is 0 Å². The van der Waals surface area contributed by atoms with E-state index >= 15 is 0 Å². The third-order valence-electron chi connectivity index (χ3n) is 5.05. The standard InChI is InChI=1S/C22H28NSi/c1-15-10-16(2)17(3)21(11-15)22-13-19-12-20(24(5,6)7)9-8-18(19)14-23(22)4/h8-14H,1-7H3/q+1. The highest BCUT2D eigenvalue weighted by Crippen LogP contribution is 2.27. The summed E-state index contributed by atoms with van der Waals surface area (Å²) in [5, 5.41) is 4.18. The summed E-state index contributed by atoms with van der Waals surface area (Å²) in [6.07, 6.45) is 2.26. The van der Waals surface area contributed by atoms with Gasteiger partial charge in [-0.3, -0.25) is 0 Å². The van der Waals surface area contributed by atoms with Gasteiger partial charge >= 0.3 is 0 Å². The molecule has 0 spiro atoms. The van der Waals surface area contributed by atoms with Crippen LogP contribution in [0.25, 0.3) is 22.0 Å². The maximum atomic E-state index is 2.41. The van der Waals surface area contributed by atoms with Crippen LogP contribution in [0.4, 0.5) is 0 Å². The fourth-order valence-electron chi connectivity index (χ4n) is 3.38. The van der Waals surface area contributed by atoms with Gasteiger partial charge in [-0.1, -0.05) is 48.6 Å². The molecule has 0 radical (unpaired) electrons. The van der Waals surface area contributed by atoms with Crippen LogP contribution in [0.3, 0.4) is 0 Å². The van der Waals surface area contributed by atoms with Crippen molar-refractivity contribution < 1.29 is 4.57 Å². The summed E-state index contributed by atoms with van der Waals surface area (Å²) in [5.74, 6) is 0. The number of aromatic nitrogens is 1. The average Bonchev–Trinajstić information content (AvgIpc) is 2.49. The largest absolute Gasteiger partial charge is 0.213 e. The molecule has 0 aliphatic rings. The van der Waals surface area contributed by atoms with E-state index in [4.69, 9.17) is 0 Å². The lowest BCUT2D eigenvalue weighted by atomic mass is 9.96. The second-order valence-electron chi connectivity index (χ2n) is 8.12. The number of fused-ring (bicyclic) bond motifs is 1. The Kier molecular flexibility index (Phi) is 4.12. The van der Waals surface area contributed by atoms with E-state index in [9.17, 15) is 0 Å². The lowest BCUT2D eigenvalue weighted by Crippen LogP contribution is -2.37. The first-order chi connectivity index (χ1) is 11.2. The van der Waals surface area contributed by atoms with Gasteiger partial charge in [-0.15, -0.1) is 0 Å². The predicted molar refractivity (Wildman–Crippen MR) is 108 cm³/mol. The second-order valence-corrected chi connectivity index (χ2v) is 13.2. The van der Waals surface area contributed by atoms with Crippen LogP contribution in [0.15, 0.2) is 42.6 Å². The van der Waals surface area contributed by atoms with Gasteiger partial charge in [-0.25, -0.2) is 4.57 Å². The van der Waals surface area contributed by atoms with Gasteiger partial charge in [0.05, 0.1) is 8.07 Å². The number of aryl methyl sites for hydroxylation is 3. The summed E-state index contributed by atoms with van der Waals surface area (Å²) < 4.78 is 2.26. The normalized spacial score (nSPS) is 12.0. The van der Waals surface area contributed by atoms with Gasteiger partial charge < -0.3 is 0 Å². The molecule has 0 unspecified atom stereocenters. The maximum Gasteiger partial charge on any atom is 0.213 e. The van der Waals surface area contributed by atoms with E-state index in [1.807, 2.05) is 0 Å². The molecule has 1 nitrogen and oxygen atoms in total. The molecule has 3 aromatic rings. The topological polar surface area (TPSA) is 3.88 Å². The molecule has 24 heavy (non-hydrogen) atoms. The minimum atomic E-state index is -1.30. The first-order valence-electron chi connectivity index (χ1n) is 8.69. The van der Waals surface area contributed by atoms with Crippen LogP contribution in [0.5, 0.6) is 0 Å². The molecule has 0 aliphatic carbocycles. The highest BCUT2D eigenvalue weighted by atomic mass is 28.3. The van der Waals surface area contributed by atoms with E-state index in [-0.39, 0.29) is 0 Å². The van der Waals surface area contributed by atoms with Crippen LogP contribution < -0.4 is 9.75 Å². The van der Waals surface area contributed by atoms with Gasteiger partial charge in [0, 0.05) is 17.0 Å².